The lowest BCUT2D eigenvalue weighted by Crippen LogP contribution is -2.27. The normalized spacial score (nSPS) is 15.4. The molecule has 0 radical (unpaired) electrons. The Morgan fingerprint density at radius 1 is 1.21 bits per heavy atom. The zero-order valence-electron chi connectivity index (χ0n) is 14.4. The highest BCUT2D eigenvalue weighted by molar-refractivity contribution is 5.76. The van der Waals surface area contributed by atoms with E-state index in [1.807, 2.05) is 18.2 Å². The van der Waals surface area contributed by atoms with Crippen molar-refractivity contribution in [2.24, 2.45) is 0 Å². The largest absolute Gasteiger partial charge is 0.356 e. The number of hydrogen-bond donors (Lipinski definition) is 1. The van der Waals surface area contributed by atoms with Crippen molar-refractivity contribution in [3.63, 3.8) is 0 Å². The first-order chi connectivity index (χ1) is 11.7. The number of aryl methyl sites for hydroxylation is 1. The summed E-state index contributed by atoms with van der Waals surface area (Å²) >= 11 is 0. The van der Waals surface area contributed by atoms with Gasteiger partial charge in [-0.15, -0.1) is 10.2 Å². The van der Waals surface area contributed by atoms with Crippen LogP contribution in [0.3, 0.4) is 0 Å². The fraction of sp³-hybridized carbons (Fsp3) is 0.526. The van der Waals surface area contributed by atoms with Gasteiger partial charge in [0.2, 0.25) is 5.91 Å². The van der Waals surface area contributed by atoms with Crippen molar-refractivity contribution in [3.05, 3.63) is 47.5 Å². The van der Waals surface area contributed by atoms with Gasteiger partial charge in [-0.05, 0) is 24.3 Å². The summed E-state index contributed by atoms with van der Waals surface area (Å²) in [4.78, 5) is 12.1. The van der Waals surface area contributed by atoms with Gasteiger partial charge in [0, 0.05) is 32.4 Å². The molecule has 1 aliphatic heterocycles. The smallest absolute Gasteiger partial charge is 0.220 e. The Hall–Kier alpha value is -2.17. The second-order valence-corrected chi connectivity index (χ2v) is 6.61. The summed E-state index contributed by atoms with van der Waals surface area (Å²) < 4.78 is 2.24. The van der Waals surface area contributed by atoms with E-state index >= 15 is 0 Å². The summed E-state index contributed by atoms with van der Waals surface area (Å²) in [5.41, 5.74) is 1.20. The maximum atomic E-state index is 12.1. The molecule has 24 heavy (non-hydrogen) atoms. The van der Waals surface area contributed by atoms with Crippen LogP contribution >= 0.6 is 0 Å². The topological polar surface area (TPSA) is 59.8 Å². The molecule has 1 aliphatic rings. The first-order valence-corrected chi connectivity index (χ1v) is 8.96. The van der Waals surface area contributed by atoms with Gasteiger partial charge in [-0.3, -0.25) is 4.79 Å². The molecule has 1 aromatic heterocycles. The minimum Gasteiger partial charge on any atom is -0.356 e. The van der Waals surface area contributed by atoms with Crippen LogP contribution in [0.15, 0.2) is 30.3 Å². The average molecular weight is 326 g/mol. The van der Waals surface area contributed by atoms with Crippen molar-refractivity contribution in [1.82, 2.24) is 20.1 Å². The Kier molecular flexibility index (Phi) is 5.62. The molecule has 1 amide bonds. The Morgan fingerprint density at radius 3 is 2.88 bits per heavy atom. The molecule has 2 heterocycles. The number of nitrogens with zero attached hydrogens (tertiary/aromatic N) is 3. The highest BCUT2D eigenvalue weighted by Crippen LogP contribution is 2.18. The standard InChI is InChI=1S/C19H26N4O/c1-15(16-8-4-2-5-9-16)14-19(24)20-12-11-18-22-21-17-10-6-3-7-13-23(17)18/h2,4-5,8-9,15H,3,6-7,10-14H2,1H3,(H,20,24). The van der Waals surface area contributed by atoms with E-state index < -0.39 is 0 Å². The third kappa shape index (κ3) is 4.22. The summed E-state index contributed by atoms with van der Waals surface area (Å²) in [6.45, 7) is 3.72. The number of benzene rings is 1. The van der Waals surface area contributed by atoms with Crippen molar-refractivity contribution in [1.29, 1.82) is 0 Å². The number of carbonyl (C=O) groups excluding carboxylic acids is 1. The molecular formula is C19H26N4O. The van der Waals surface area contributed by atoms with Crippen LogP contribution in [0, 0.1) is 0 Å². The Balaban J connectivity index is 1.46. The highest BCUT2D eigenvalue weighted by Gasteiger charge is 2.15. The van der Waals surface area contributed by atoms with Gasteiger partial charge in [0.25, 0.3) is 0 Å². The van der Waals surface area contributed by atoms with Gasteiger partial charge >= 0.3 is 0 Å². The molecule has 5 nitrogen and oxygen atoms in total. The number of fused-ring (bicyclic) bond motifs is 1. The maximum Gasteiger partial charge on any atom is 0.220 e. The maximum absolute atomic E-state index is 12.1. The van der Waals surface area contributed by atoms with Crippen LogP contribution in [0.1, 0.15) is 55.7 Å². The highest BCUT2D eigenvalue weighted by atomic mass is 16.1. The molecule has 1 atom stereocenters. The predicted octanol–water partition coefficient (Wildman–Crippen LogP) is 2.86. The van der Waals surface area contributed by atoms with Crippen LogP contribution in [0.5, 0.6) is 0 Å². The van der Waals surface area contributed by atoms with E-state index in [1.165, 1.54) is 24.8 Å². The quantitative estimate of drug-likeness (QED) is 0.888. The monoisotopic (exact) mass is 326 g/mol. The number of nitrogens with one attached hydrogen (secondary N) is 1. The Bertz CT molecular complexity index is 665. The molecule has 0 saturated heterocycles. The van der Waals surface area contributed by atoms with Crippen LogP contribution in [-0.4, -0.2) is 27.2 Å². The summed E-state index contributed by atoms with van der Waals surface area (Å²) in [5, 5.41) is 11.6. The van der Waals surface area contributed by atoms with Crippen molar-refractivity contribution < 1.29 is 4.79 Å². The van der Waals surface area contributed by atoms with Crippen LogP contribution < -0.4 is 5.32 Å². The first-order valence-electron chi connectivity index (χ1n) is 8.96. The average Bonchev–Trinajstić information content (AvgIpc) is 2.82. The van der Waals surface area contributed by atoms with Gasteiger partial charge in [-0.1, -0.05) is 43.7 Å². The summed E-state index contributed by atoms with van der Waals surface area (Å²) in [5.74, 6) is 2.44. The molecule has 3 rings (SSSR count). The third-order valence-electron chi connectivity index (χ3n) is 4.72. The fourth-order valence-corrected chi connectivity index (χ4v) is 3.29. The fourth-order valence-electron chi connectivity index (χ4n) is 3.29. The van der Waals surface area contributed by atoms with Gasteiger partial charge in [0.05, 0.1) is 0 Å². The van der Waals surface area contributed by atoms with Gasteiger partial charge in [0.1, 0.15) is 11.6 Å². The molecule has 1 N–H and O–H groups in total. The second kappa shape index (κ2) is 8.08. The number of aromatic nitrogens is 3. The predicted molar refractivity (Wildman–Crippen MR) is 93.8 cm³/mol. The molecule has 0 fully saturated rings. The minimum absolute atomic E-state index is 0.0990. The van der Waals surface area contributed by atoms with E-state index in [2.05, 4.69) is 39.1 Å². The van der Waals surface area contributed by atoms with Crippen LogP contribution in [0.4, 0.5) is 0 Å². The lowest BCUT2D eigenvalue weighted by atomic mass is 9.97. The van der Waals surface area contributed by atoms with E-state index in [-0.39, 0.29) is 11.8 Å². The van der Waals surface area contributed by atoms with Gasteiger partial charge < -0.3 is 9.88 Å². The van der Waals surface area contributed by atoms with Gasteiger partial charge in [0.15, 0.2) is 0 Å². The lowest BCUT2D eigenvalue weighted by Gasteiger charge is -2.12. The van der Waals surface area contributed by atoms with Crippen LogP contribution in [0.2, 0.25) is 0 Å². The molecule has 0 spiro atoms. The van der Waals surface area contributed by atoms with E-state index in [1.54, 1.807) is 0 Å². The Morgan fingerprint density at radius 2 is 2.04 bits per heavy atom. The second-order valence-electron chi connectivity index (χ2n) is 6.61. The van der Waals surface area contributed by atoms with E-state index in [9.17, 15) is 4.79 Å². The lowest BCUT2D eigenvalue weighted by molar-refractivity contribution is -0.121. The molecule has 0 bridgehead atoms. The number of carbonyl (C=O) groups is 1. The molecule has 5 heteroatoms. The van der Waals surface area contributed by atoms with E-state index in [0.29, 0.717) is 13.0 Å². The van der Waals surface area contributed by atoms with E-state index in [0.717, 1.165) is 31.0 Å². The van der Waals surface area contributed by atoms with Crippen molar-refractivity contribution in [2.75, 3.05) is 6.54 Å². The van der Waals surface area contributed by atoms with Crippen LogP contribution in [0.25, 0.3) is 0 Å². The minimum atomic E-state index is 0.0990. The molecule has 2 aromatic rings. The first kappa shape index (κ1) is 16.7. The van der Waals surface area contributed by atoms with Crippen molar-refractivity contribution in [3.8, 4) is 0 Å². The SMILES string of the molecule is CC(CC(=O)NCCc1nnc2n1CCCCC2)c1ccccc1. The van der Waals surface area contributed by atoms with E-state index in [4.69, 9.17) is 0 Å². The molecule has 128 valence electrons. The summed E-state index contributed by atoms with van der Waals surface area (Å²) in [7, 11) is 0. The third-order valence-corrected chi connectivity index (χ3v) is 4.72. The number of rotatable bonds is 6. The van der Waals surface area contributed by atoms with Crippen molar-refractivity contribution >= 4 is 5.91 Å². The molecule has 1 unspecified atom stereocenters. The summed E-state index contributed by atoms with van der Waals surface area (Å²) in [6, 6.07) is 10.2. The zero-order chi connectivity index (χ0) is 16.8. The number of hydrogen-bond acceptors (Lipinski definition) is 3. The zero-order valence-corrected chi connectivity index (χ0v) is 14.4. The van der Waals surface area contributed by atoms with Gasteiger partial charge in [-0.25, -0.2) is 0 Å². The molecule has 0 aliphatic carbocycles. The molecule has 0 saturated carbocycles. The molecule has 1 aromatic carbocycles. The van der Waals surface area contributed by atoms with Gasteiger partial charge in [-0.2, -0.15) is 0 Å². The van der Waals surface area contributed by atoms with Crippen molar-refractivity contribution in [2.45, 2.75) is 57.9 Å². The van der Waals surface area contributed by atoms with Crippen LogP contribution in [-0.2, 0) is 24.2 Å². The number of amides is 1. The molecular weight excluding hydrogens is 300 g/mol. The summed E-state index contributed by atoms with van der Waals surface area (Å²) in [6.07, 6.45) is 5.94. The Labute approximate surface area is 143 Å².